The number of nitrogens with one attached hydrogen (secondary N) is 1. The minimum Gasteiger partial charge on any atom is -0.445 e. The van der Waals surface area contributed by atoms with E-state index in [4.69, 9.17) is 14.2 Å². The third-order valence-electron chi connectivity index (χ3n) is 8.75. The van der Waals surface area contributed by atoms with E-state index in [2.05, 4.69) is 42.8 Å². The molecule has 1 amide bonds. The number of alkyl carbamates (subject to hydrolysis) is 1. The summed E-state index contributed by atoms with van der Waals surface area (Å²) in [7, 11) is 0. The van der Waals surface area contributed by atoms with E-state index in [0.29, 0.717) is 6.54 Å². The monoisotopic (exact) mass is 636 g/mol. The highest BCUT2D eigenvalue weighted by Gasteiger charge is 2.33. The lowest BCUT2D eigenvalue weighted by molar-refractivity contribution is -0.253. The van der Waals surface area contributed by atoms with E-state index in [-0.39, 0.29) is 25.4 Å². The highest BCUT2D eigenvalue weighted by atomic mass is 16.7. The Labute approximate surface area is 278 Å². The maximum atomic E-state index is 11.8. The molecule has 1 saturated heterocycles. The third kappa shape index (κ3) is 14.4. The van der Waals surface area contributed by atoms with E-state index in [0.717, 1.165) is 48.3 Å². The first-order valence-electron chi connectivity index (χ1n) is 17.9. The molecule has 2 aromatic carbocycles. The molecule has 0 aromatic heterocycles. The van der Waals surface area contributed by atoms with Crippen LogP contribution in [0.15, 0.2) is 61.2 Å². The van der Waals surface area contributed by atoms with Crippen molar-refractivity contribution in [1.29, 1.82) is 0 Å². The highest BCUT2D eigenvalue weighted by molar-refractivity contribution is 5.67. The number of rotatable bonds is 23. The van der Waals surface area contributed by atoms with Crippen LogP contribution in [0.5, 0.6) is 0 Å². The molecule has 0 saturated carbocycles. The number of hydrogen-bond donors (Lipinski definition) is 2. The predicted octanol–water partition coefficient (Wildman–Crippen LogP) is 9.16. The van der Waals surface area contributed by atoms with Crippen molar-refractivity contribution in [2.24, 2.45) is 0 Å². The van der Waals surface area contributed by atoms with Gasteiger partial charge in [-0.15, -0.1) is 0 Å². The average molecular weight is 637 g/mol. The molecular formula is C39H60N2O5. The number of aliphatic hydroxyl groups is 1. The summed E-state index contributed by atoms with van der Waals surface area (Å²) in [5.41, 5.74) is 3.92. The first-order chi connectivity index (χ1) is 22.6. The summed E-state index contributed by atoms with van der Waals surface area (Å²) in [5, 5.41) is 12.3. The molecule has 1 aliphatic heterocycles. The largest absolute Gasteiger partial charge is 0.445 e. The Kier molecular flexibility index (Phi) is 18.7. The number of aliphatic hydroxyl groups excluding tert-OH is 1. The Balaban J connectivity index is 1.69. The van der Waals surface area contributed by atoms with E-state index in [1.807, 2.05) is 36.4 Å². The summed E-state index contributed by atoms with van der Waals surface area (Å²) >= 11 is 0. The summed E-state index contributed by atoms with van der Waals surface area (Å²) in [6.07, 6.45) is 16.9. The van der Waals surface area contributed by atoms with Crippen LogP contribution in [0, 0.1) is 0 Å². The fourth-order valence-corrected chi connectivity index (χ4v) is 6.00. The topological polar surface area (TPSA) is 80.3 Å². The number of carbonyl (C=O) groups excluding carboxylic acids is 1. The average Bonchev–Trinajstić information content (AvgIpc) is 3.09. The minimum atomic E-state index is -0.495. The summed E-state index contributed by atoms with van der Waals surface area (Å²) in [5.74, 6) is 0. The van der Waals surface area contributed by atoms with Gasteiger partial charge in [0, 0.05) is 25.1 Å². The number of nitrogens with zero attached hydrogens (tertiary/aromatic N) is 1. The number of carbonyl (C=O) groups is 1. The van der Waals surface area contributed by atoms with Gasteiger partial charge < -0.3 is 29.5 Å². The smallest absolute Gasteiger partial charge is 0.407 e. The van der Waals surface area contributed by atoms with E-state index >= 15 is 0 Å². The van der Waals surface area contributed by atoms with Crippen molar-refractivity contribution in [2.75, 3.05) is 26.2 Å². The molecule has 2 aromatic rings. The van der Waals surface area contributed by atoms with Crippen LogP contribution < -0.4 is 5.32 Å². The van der Waals surface area contributed by atoms with Crippen LogP contribution in [-0.2, 0) is 27.4 Å². The van der Waals surface area contributed by atoms with E-state index in [1.165, 1.54) is 77.0 Å². The summed E-state index contributed by atoms with van der Waals surface area (Å²) in [6, 6.07) is 16.1. The van der Waals surface area contributed by atoms with Crippen molar-refractivity contribution in [1.82, 2.24) is 10.2 Å². The van der Waals surface area contributed by atoms with Crippen molar-refractivity contribution in [3.63, 3.8) is 0 Å². The molecule has 0 spiro atoms. The summed E-state index contributed by atoms with van der Waals surface area (Å²) < 4.78 is 18.3. The SMILES string of the molecule is C=CCOC(=O)NCc1ccc([C@@H]2O[C@H](CN(CCCCCCCC)CCCCCCCC)C[C@H](c3ccc(CO)cc3)O2)cc1. The second-order valence-electron chi connectivity index (χ2n) is 12.7. The van der Waals surface area contributed by atoms with E-state index in [1.54, 1.807) is 6.08 Å². The van der Waals surface area contributed by atoms with Gasteiger partial charge in [-0.3, -0.25) is 0 Å². The zero-order valence-electron chi connectivity index (χ0n) is 28.6. The molecule has 7 heteroatoms. The maximum Gasteiger partial charge on any atom is 0.407 e. The van der Waals surface area contributed by atoms with Gasteiger partial charge in [0.2, 0.25) is 0 Å². The van der Waals surface area contributed by atoms with Gasteiger partial charge in [-0.25, -0.2) is 4.79 Å². The Hall–Kier alpha value is -2.71. The number of benzene rings is 2. The van der Waals surface area contributed by atoms with E-state index in [9.17, 15) is 9.90 Å². The van der Waals surface area contributed by atoms with Gasteiger partial charge in [0.1, 0.15) is 6.61 Å². The van der Waals surface area contributed by atoms with Gasteiger partial charge in [-0.05, 0) is 42.6 Å². The Morgan fingerprint density at radius 1 is 0.848 bits per heavy atom. The van der Waals surface area contributed by atoms with Crippen LogP contribution in [0.2, 0.25) is 0 Å². The molecule has 256 valence electrons. The number of amides is 1. The number of ether oxygens (including phenoxy) is 3. The molecule has 0 bridgehead atoms. The van der Waals surface area contributed by atoms with Crippen molar-refractivity contribution in [3.8, 4) is 0 Å². The highest BCUT2D eigenvalue weighted by Crippen LogP contribution is 2.38. The van der Waals surface area contributed by atoms with Crippen molar-refractivity contribution < 1.29 is 24.1 Å². The van der Waals surface area contributed by atoms with E-state index < -0.39 is 12.4 Å². The van der Waals surface area contributed by atoms with Crippen molar-refractivity contribution in [3.05, 3.63) is 83.4 Å². The number of unbranched alkanes of at least 4 members (excludes halogenated alkanes) is 10. The standard InChI is InChI=1S/C39H60N2O5/c1-4-7-9-11-13-15-25-41(26-16-14-12-10-8-5-2)30-36-28-37(34-21-19-33(31-42)20-22-34)46-38(45-36)35-23-17-32(18-24-35)29-40-39(43)44-27-6-3/h6,17-24,36-38,42H,3-5,7-16,25-31H2,1-2H3,(H,40,43)/t36-,37+,38+/m0/s1. The van der Waals surface area contributed by atoms with Crippen LogP contribution in [0.3, 0.4) is 0 Å². The fraction of sp³-hybridized carbons (Fsp3) is 0.615. The van der Waals surface area contributed by atoms with Crippen LogP contribution >= 0.6 is 0 Å². The van der Waals surface area contributed by atoms with Gasteiger partial charge in [0.05, 0.1) is 18.8 Å². The van der Waals surface area contributed by atoms with Gasteiger partial charge >= 0.3 is 6.09 Å². The molecular weight excluding hydrogens is 576 g/mol. The molecule has 46 heavy (non-hydrogen) atoms. The van der Waals surface area contributed by atoms with Gasteiger partial charge in [-0.2, -0.15) is 0 Å². The molecule has 0 unspecified atom stereocenters. The lowest BCUT2D eigenvalue weighted by Crippen LogP contribution is -2.40. The maximum absolute atomic E-state index is 11.8. The molecule has 0 aliphatic carbocycles. The summed E-state index contributed by atoms with van der Waals surface area (Å²) in [6.45, 7) is 11.8. The Bertz CT molecular complexity index is 1070. The van der Waals surface area contributed by atoms with Crippen LogP contribution in [-0.4, -0.2) is 48.4 Å². The molecule has 1 heterocycles. The minimum absolute atomic E-state index is 0.0270. The molecule has 3 rings (SSSR count). The van der Waals surface area contributed by atoms with Gasteiger partial charge in [-0.1, -0.05) is 139 Å². The third-order valence-corrected chi connectivity index (χ3v) is 8.75. The lowest BCUT2D eigenvalue weighted by atomic mass is 9.99. The van der Waals surface area contributed by atoms with Gasteiger partial charge in [0.15, 0.2) is 6.29 Å². The fourth-order valence-electron chi connectivity index (χ4n) is 6.00. The Morgan fingerprint density at radius 2 is 1.41 bits per heavy atom. The first kappa shape index (κ1) is 37.7. The molecule has 3 atom stereocenters. The van der Waals surface area contributed by atoms with Crippen molar-refractivity contribution >= 4 is 6.09 Å². The second kappa shape index (κ2) is 22.8. The predicted molar refractivity (Wildman–Crippen MR) is 186 cm³/mol. The van der Waals surface area contributed by atoms with Crippen LogP contribution in [0.25, 0.3) is 0 Å². The van der Waals surface area contributed by atoms with Crippen LogP contribution in [0.4, 0.5) is 4.79 Å². The zero-order chi connectivity index (χ0) is 32.8. The number of hydrogen-bond acceptors (Lipinski definition) is 6. The normalized spacial score (nSPS) is 18.0. The Morgan fingerprint density at radius 3 is 2.00 bits per heavy atom. The van der Waals surface area contributed by atoms with Crippen molar-refractivity contribution in [2.45, 2.75) is 129 Å². The quantitative estimate of drug-likeness (QED) is 0.0935. The lowest BCUT2D eigenvalue weighted by Gasteiger charge is -2.38. The second-order valence-corrected chi connectivity index (χ2v) is 12.7. The molecule has 0 radical (unpaired) electrons. The summed E-state index contributed by atoms with van der Waals surface area (Å²) in [4.78, 5) is 14.5. The molecule has 1 fully saturated rings. The molecule has 1 aliphatic rings. The zero-order valence-corrected chi connectivity index (χ0v) is 28.6. The van der Waals surface area contributed by atoms with Crippen LogP contribution in [0.1, 0.15) is 132 Å². The first-order valence-corrected chi connectivity index (χ1v) is 17.9. The molecule has 7 nitrogen and oxygen atoms in total. The van der Waals surface area contributed by atoms with Gasteiger partial charge in [0.25, 0.3) is 0 Å². The molecule has 2 N–H and O–H groups in total.